The Hall–Kier alpha value is -7.26. The van der Waals surface area contributed by atoms with Crippen molar-refractivity contribution in [3.63, 3.8) is 0 Å². The maximum absolute atomic E-state index is 2.53. The molecule has 280 valence electrons. The summed E-state index contributed by atoms with van der Waals surface area (Å²) in [5.41, 5.74) is 19.6. The van der Waals surface area contributed by atoms with Crippen molar-refractivity contribution in [3.05, 3.63) is 269 Å². The molecule has 0 atom stereocenters. The van der Waals surface area contributed by atoms with Crippen LogP contribution in [0.4, 0.5) is 17.1 Å². The Labute approximate surface area is 354 Å². The fourth-order valence-electron chi connectivity index (χ4n) is 11.4. The second kappa shape index (κ2) is 12.6. The Morgan fingerprint density at radius 2 is 0.850 bits per heavy atom. The van der Waals surface area contributed by atoms with Gasteiger partial charge in [-0.3, -0.25) is 0 Å². The summed E-state index contributed by atoms with van der Waals surface area (Å²) in [6.45, 7) is 0. The van der Waals surface area contributed by atoms with Crippen molar-refractivity contribution in [1.82, 2.24) is 0 Å². The summed E-state index contributed by atoms with van der Waals surface area (Å²) in [4.78, 5) is 3.88. The smallest absolute Gasteiger partial charge is 0.0740 e. The SMILES string of the molecule is c1ccc(N(c2ccc3c(c2)C(c2ccccc2)(c2ccccc2)c2ccccc2-3)c2cccc3c2-c2sc4ccccc4c2C32c3ccccc3-c3ccccc32)cc1. The van der Waals surface area contributed by atoms with Crippen LogP contribution in [0.15, 0.2) is 224 Å². The van der Waals surface area contributed by atoms with Gasteiger partial charge in [0.05, 0.1) is 16.5 Å². The zero-order chi connectivity index (χ0) is 39.4. The fraction of sp³-hybridized carbons (Fsp3) is 0.0345. The molecular formula is C58H37NS. The van der Waals surface area contributed by atoms with E-state index < -0.39 is 10.8 Å². The van der Waals surface area contributed by atoms with Crippen molar-refractivity contribution in [2.75, 3.05) is 4.90 Å². The van der Waals surface area contributed by atoms with E-state index in [-0.39, 0.29) is 0 Å². The first-order valence-electron chi connectivity index (χ1n) is 20.9. The van der Waals surface area contributed by atoms with Gasteiger partial charge in [-0.05, 0) is 109 Å². The molecule has 0 bridgehead atoms. The van der Waals surface area contributed by atoms with Gasteiger partial charge in [0.2, 0.25) is 0 Å². The van der Waals surface area contributed by atoms with Crippen LogP contribution >= 0.6 is 11.3 Å². The maximum Gasteiger partial charge on any atom is 0.0740 e. The largest absolute Gasteiger partial charge is 0.310 e. The Morgan fingerprint density at radius 1 is 0.350 bits per heavy atom. The summed E-state index contributed by atoms with van der Waals surface area (Å²) < 4.78 is 1.32. The van der Waals surface area contributed by atoms with Crippen LogP contribution in [-0.2, 0) is 10.8 Å². The normalized spacial score (nSPS) is 14.3. The molecule has 0 saturated heterocycles. The zero-order valence-electron chi connectivity index (χ0n) is 32.7. The van der Waals surface area contributed by atoms with Crippen molar-refractivity contribution < 1.29 is 0 Å². The van der Waals surface area contributed by atoms with E-state index >= 15 is 0 Å². The van der Waals surface area contributed by atoms with Crippen LogP contribution in [0.2, 0.25) is 0 Å². The lowest BCUT2D eigenvalue weighted by molar-refractivity contribution is 0.768. The van der Waals surface area contributed by atoms with Crippen molar-refractivity contribution in [3.8, 4) is 32.7 Å². The first-order valence-corrected chi connectivity index (χ1v) is 21.7. The molecule has 0 aliphatic heterocycles. The van der Waals surface area contributed by atoms with Crippen LogP contribution < -0.4 is 4.90 Å². The molecule has 13 rings (SSSR count). The van der Waals surface area contributed by atoms with Gasteiger partial charge in [-0.15, -0.1) is 11.3 Å². The quantitative estimate of drug-likeness (QED) is 0.168. The average Bonchev–Trinajstić information content (AvgIpc) is 4.02. The van der Waals surface area contributed by atoms with Gasteiger partial charge >= 0.3 is 0 Å². The third-order valence-electron chi connectivity index (χ3n) is 13.6. The van der Waals surface area contributed by atoms with Crippen LogP contribution in [-0.4, -0.2) is 0 Å². The van der Waals surface area contributed by atoms with E-state index in [1.165, 1.54) is 93.0 Å². The third kappa shape index (κ3) is 4.26. The molecule has 0 unspecified atom stereocenters. The molecule has 1 heterocycles. The minimum Gasteiger partial charge on any atom is -0.310 e. The van der Waals surface area contributed by atoms with Crippen LogP contribution in [0.1, 0.15) is 44.5 Å². The molecule has 60 heavy (non-hydrogen) atoms. The van der Waals surface area contributed by atoms with E-state index in [4.69, 9.17) is 0 Å². The van der Waals surface area contributed by atoms with Gasteiger partial charge in [0, 0.05) is 26.5 Å². The minimum atomic E-state index is -0.509. The molecule has 0 amide bonds. The number of nitrogens with zero attached hydrogens (tertiary/aromatic N) is 1. The van der Waals surface area contributed by atoms with Crippen molar-refractivity contribution >= 4 is 38.5 Å². The van der Waals surface area contributed by atoms with Crippen molar-refractivity contribution in [2.45, 2.75) is 10.8 Å². The predicted octanol–water partition coefficient (Wildman–Crippen LogP) is 15.1. The van der Waals surface area contributed by atoms with E-state index in [9.17, 15) is 0 Å². The number of hydrogen-bond donors (Lipinski definition) is 0. The zero-order valence-corrected chi connectivity index (χ0v) is 33.5. The minimum absolute atomic E-state index is 0.453. The van der Waals surface area contributed by atoms with Gasteiger partial charge in [0.1, 0.15) is 0 Å². The number of hydrogen-bond acceptors (Lipinski definition) is 2. The van der Waals surface area contributed by atoms with E-state index in [0.29, 0.717) is 0 Å². The summed E-state index contributed by atoms with van der Waals surface area (Å²) >= 11 is 1.94. The molecule has 9 aromatic carbocycles. The third-order valence-corrected chi connectivity index (χ3v) is 14.7. The van der Waals surface area contributed by atoms with Gasteiger partial charge in [-0.1, -0.05) is 188 Å². The number of para-hydroxylation sites is 1. The van der Waals surface area contributed by atoms with Crippen molar-refractivity contribution in [2.24, 2.45) is 0 Å². The van der Waals surface area contributed by atoms with Gasteiger partial charge in [0.15, 0.2) is 0 Å². The molecule has 1 spiro atoms. The number of anilines is 3. The molecular weight excluding hydrogens is 743 g/mol. The van der Waals surface area contributed by atoms with Gasteiger partial charge in [-0.25, -0.2) is 0 Å². The van der Waals surface area contributed by atoms with Gasteiger partial charge in [0.25, 0.3) is 0 Å². The second-order valence-corrected chi connectivity index (χ2v) is 17.3. The molecule has 0 saturated carbocycles. The monoisotopic (exact) mass is 779 g/mol. The van der Waals surface area contributed by atoms with Crippen LogP contribution in [0.25, 0.3) is 42.8 Å². The number of fused-ring (bicyclic) bond motifs is 15. The lowest BCUT2D eigenvalue weighted by Crippen LogP contribution is -2.28. The van der Waals surface area contributed by atoms with Crippen LogP contribution in [0.5, 0.6) is 0 Å². The summed E-state index contributed by atoms with van der Waals surface area (Å²) in [7, 11) is 0. The summed E-state index contributed by atoms with van der Waals surface area (Å²) in [6.07, 6.45) is 0. The first-order chi connectivity index (χ1) is 29.8. The molecule has 0 radical (unpaired) electrons. The first kappa shape index (κ1) is 33.7. The molecule has 2 heteroatoms. The Morgan fingerprint density at radius 3 is 1.48 bits per heavy atom. The van der Waals surface area contributed by atoms with E-state index in [2.05, 4.69) is 229 Å². The highest BCUT2D eigenvalue weighted by Gasteiger charge is 2.54. The summed E-state index contributed by atoms with van der Waals surface area (Å²) in [5, 5.41) is 1.34. The van der Waals surface area contributed by atoms with E-state index in [0.717, 1.165) is 11.4 Å². The highest BCUT2D eigenvalue weighted by molar-refractivity contribution is 7.22. The fourth-order valence-corrected chi connectivity index (χ4v) is 12.7. The summed E-state index contributed by atoms with van der Waals surface area (Å²) in [5.74, 6) is 0. The summed E-state index contributed by atoms with van der Waals surface area (Å²) in [6, 6.07) is 83.9. The Balaban J connectivity index is 1.13. The molecule has 10 aromatic rings. The number of benzene rings is 9. The highest BCUT2D eigenvalue weighted by atomic mass is 32.1. The van der Waals surface area contributed by atoms with Crippen LogP contribution in [0, 0.1) is 0 Å². The number of rotatable bonds is 5. The standard InChI is InChI=1S/C58H37NS/c1-4-19-38(20-5-1)57(39-21-6-2-7-22-39)47-29-14-10-27-44(47)45-36-35-41(37-51(45)57)59(40-23-8-3-9-24-40)52-33-18-32-50-54(52)56-55(46-28-13-17-34-53(46)60-56)58(50)48-30-15-11-25-42(48)43-26-12-16-31-49(43)58/h1-37H. The van der Waals surface area contributed by atoms with Crippen molar-refractivity contribution in [1.29, 1.82) is 0 Å². The van der Waals surface area contributed by atoms with E-state index in [1.807, 2.05) is 11.3 Å². The molecule has 3 aliphatic carbocycles. The van der Waals surface area contributed by atoms with Crippen LogP contribution in [0.3, 0.4) is 0 Å². The lowest BCUT2D eigenvalue weighted by atomic mass is 9.67. The predicted molar refractivity (Wildman–Crippen MR) is 250 cm³/mol. The Kier molecular flexibility index (Phi) is 7.09. The second-order valence-electron chi connectivity index (χ2n) is 16.3. The highest BCUT2D eigenvalue weighted by Crippen LogP contribution is 2.68. The Bertz CT molecular complexity index is 3240. The van der Waals surface area contributed by atoms with E-state index in [1.54, 1.807) is 0 Å². The topological polar surface area (TPSA) is 3.24 Å². The maximum atomic E-state index is 2.53. The molecule has 1 aromatic heterocycles. The molecule has 1 nitrogen and oxygen atoms in total. The molecule has 0 fully saturated rings. The lowest BCUT2D eigenvalue weighted by Gasteiger charge is -2.35. The molecule has 0 N–H and O–H groups in total. The average molecular weight is 780 g/mol. The van der Waals surface area contributed by atoms with Gasteiger partial charge < -0.3 is 4.90 Å². The molecule has 3 aliphatic rings. The van der Waals surface area contributed by atoms with Gasteiger partial charge in [-0.2, -0.15) is 0 Å². The number of thiophene rings is 1.